The van der Waals surface area contributed by atoms with Crippen molar-refractivity contribution in [1.82, 2.24) is 10.6 Å². The van der Waals surface area contributed by atoms with E-state index in [0.29, 0.717) is 12.1 Å². The molecule has 1 aliphatic rings. The number of anilines is 1. The minimum atomic E-state index is -0.0949. The van der Waals surface area contributed by atoms with Crippen LogP contribution in [-0.2, 0) is 0 Å². The average Bonchev–Trinajstić information content (AvgIpc) is 2.41. The molecule has 1 aliphatic carbocycles. The van der Waals surface area contributed by atoms with E-state index in [1.54, 1.807) is 0 Å². The minimum Gasteiger partial charge on any atom is -0.335 e. The molecule has 0 saturated heterocycles. The molecule has 2 rings (SSSR count). The van der Waals surface area contributed by atoms with Gasteiger partial charge in [-0.1, -0.05) is 19.1 Å². The Morgan fingerprint density at radius 1 is 1.20 bits per heavy atom. The molecule has 0 aliphatic heterocycles. The molecule has 3 N–H and O–H groups in total. The summed E-state index contributed by atoms with van der Waals surface area (Å²) in [5, 5.41) is 9.45. The van der Waals surface area contributed by atoms with E-state index in [1.165, 1.54) is 0 Å². The third-order valence-electron chi connectivity index (χ3n) is 3.83. The predicted molar refractivity (Wildman–Crippen MR) is 83.1 cm³/mol. The van der Waals surface area contributed by atoms with Crippen LogP contribution in [0.15, 0.2) is 24.3 Å². The van der Waals surface area contributed by atoms with Gasteiger partial charge in [0.1, 0.15) is 0 Å². The number of urea groups is 1. The molecule has 1 aromatic carbocycles. The molecular formula is C16H25N3O. The summed E-state index contributed by atoms with van der Waals surface area (Å²) < 4.78 is 0. The smallest absolute Gasteiger partial charge is 0.319 e. The molecule has 4 heteroatoms. The summed E-state index contributed by atoms with van der Waals surface area (Å²) >= 11 is 0. The lowest BCUT2D eigenvalue weighted by molar-refractivity contribution is 0.240. The van der Waals surface area contributed by atoms with Crippen LogP contribution in [0.1, 0.15) is 38.2 Å². The molecule has 0 unspecified atom stereocenters. The van der Waals surface area contributed by atoms with Gasteiger partial charge in [0.15, 0.2) is 0 Å². The van der Waals surface area contributed by atoms with Crippen LogP contribution in [0.3, 0.4) is 0 Å². The highest BCUT2D eigenvalue weighted by atomic mass is 16.2. The van der Waals surface area contributed by atoms with Gasteiger partial charge in [-0.05, 0) is 56.8 Å². The topological polar surface area (TPSA) is 53.2 Å². The fraction of sp³-hybridized carbons (Fsp3) is 0.562. The van der Waals surface area contributed by atoms with Crippen LogP contribution >= 0.6 is 0 Å². The number of hydrogen-bond acceptors (Lipinski definition) is 2. The van der Waals surface area contributed by atoms with Gasteiger partial charge in [-0.15, -0.1) is 0 Å². The highest BCUT2D eigenvalue weighted by molar-refractivity contribution is 5.89. The number of benzene rings is 1. The van der Waals surface area contributed by atoms with Crippen molar-refractivity contribution in [2.45, 2.75) is 51.6 Å². The molecule has 1 fully saturated rings. The van der Waals surface area contributed by atoms with E-state index in [4.69, 9.17) is 0 Å². The first kappa shape index (κ1) is 14.9. The second-order valence-corrected chi connectivity index (χ2v) is 5.57. The Balaban J connectivity index is 1.75. The molecular weight excluding hydrogens is 250 g/mol. The number of carbonyl (C=O) groups is 1. The van der Waals surface area contributed by atoms with E-state index < -0.39 is 0 Å². The number of aryl methyl sites for hydroxylation is 1. The van der Waals surface area contributed by atoms with Crippen LogP contribution in [0.5, 0.6) is 0 Å². The second kappa shape index (κ2) is 7.29. The summed E-state index contributed by atoms with van der Waals surface area (Å²) in [4.78, 5) is 12.0. The number of hydrogen-bond donors (Lipinski definition) is 3. The van der Waals surface area contributed by atoms with E-state index >= 15 is 0 Å². The fourth-order valence-electron chi connectivity index (χ4n) is 2.81. The summed E-state index contributed by atoms with van der Waals surface area (Å²) in [6.07, 6.45) is 4.39. The first-order valence-electron chi connectivity index (χ1n) is 7.55. The molecule has 2 amide bonds. The lowest BCUT2D eigenvalue weighted by Crippen LogP contribution is -2.43. The quantitative estimate of drug-likeness (QED) is 0.791. The monoisotopic (exact) mass is 275 g/mol. The largest absolute Gasteiger partial charge is 0.335 e. The highest BCUT2D eigenvalue weighted by Crippen LogP contribution is 2.18. The molecule has 0 atom stereocenters. The predicted octanol–water partition coefficient (Wildman–Crippen LogP) is 3.04. The molecule has 0 heterocycles. The molecule has 20 heavy (non-hydrogen) atoms. The Morgan fingerprint density at radius 3 is 2.55 bits per heavy atom. The zero-order valence-corrected chi connectivity index (χ0v) is 12.4. The number of carbonyl (C=O) groups excluding carboxylic acids is 1. The van der Waals surface area contributed by atoms with Gasteiger partial charge in [-0.2, -0.15) is 0 Å². The SMILES string of the molecule is CCNC1CCC(NC(=O)Nc2cccc(C)c2)CC1. The molecule has 1 aromatic rings. The van der Waals surface area contributed by atoms with Crippen LogP contribution in [-0.4, -0.2) is 24.7 Å². The van der Waals surface area contributed by atoms with Crippen molar-refractivity contribution in [2.24, 2.45) is 0 Å². The number of nitrogens with one attached hydrogen (secondary N) is 3. The average molecular weight is 275 g/mol. The van der Waals surface area contributed by atoms with Crippen molar-refractivity contribution < 1.29 is 4.79 Å². The summed E-state index contributed by atoms with van der Waals surface area (Å²) in [5.74, 6) is 0. The van der Waals surface area contributed by atoms with Gasteiger partial charge < -0.3 is 16.0 Å². The minimum absolute atomic E-state index is 0.0949. The van der Waals surface area contributed by atoms with Crippen LogP contribution in [0.25, 0.3) is 0 Å². The Morgan fingerprint density at radius 2 is 1.90 bits per heavy atom. The van der Waals surface area contributed by atoms with Crippen molar-refractivity contribution in [3.63, 3.8) is 0 Å². The zero-order chi connectivity index (χ0) is 14.4. The van der Waals surface area contributed by atoms with Gasteiger partial charge in [0.2, 0.25) is 0 Å². The van der Waals surface area contributed by atoms with Crippen LogP contribution in [0.4, 0.5) is 10.5 Å². The first-order chi connectivity index (χ1) is 9.67. The highest BCUT2D eigenvalue weighted by Gasteiger charge is 2.21. The van der Waals surface area contributed by atoms with E-state index in [0.717, 1.165) is 43.5 Å². The summed E-state index contributed by atoms with van der Waals surface area (Å²) in [7, 11) is 0. The first-order valence-corrected chi connectivity index (χ1v) is 7.55. The summed E-state index contributed by atoms with van der Waals surface area (Å²) in [6.45, 7) is 5.18. The lowest BCUT2D eigenvalue weighted by Gasteiger charge is -2.29. The second-order valence-electron chi connectivity index (χ2n) is 5.57. The Hall–Kier alpha value is -1.55. The third-order valence-corrected chi connectivity index (χ3v) is 3.83. The standard InChI is InChI=1S/C16H25N3O/c1-3-17-13-7-9-14(10-8-13)18-16(20)19-15-6-4-5-12(2)11-15/h4-6,11,13-14,17H,3,7-10H2,1-2H3,(H2,18,19,20). The van der Waals surface area contributed by atoms with Crippen molar-refractivity contribution in [1.29, 1.82) is 0 Å². The van der Waals surface area contributed by atoms with Crippen LogP contribution in [0, 0.1) is 6.92 Å². The zero-order valence-electron chi connectivity index (χ0n) is 12.4. The molecule has 110 valence electrons. The summed E-state index contributed by atoms with van der Waals surface area (Å²) in [6, 6.07) is 8.68. The fourth-order valence-corrected chi connectivity index (χ4v) is 2.81. The van der Waals surface area contributed by atoms with Crippen molar-refractivity contribution in [3.8, 4) is 0 Å². The van der Waals surface area contributed by atoms with Gasteiger partial charge in [0.25, 0.3) is 0 Å². The normalized spacial score (nSPS) is 22.3. The Labute approximate surface area is 121 Å². The lowest BCUT2D eigenvalue weighted by atomic mass is 9.91. The van der Waals surface area contributed by atoms with Crippen LogP contribution < -0.4 is 16.0 Å². The molecule has 1 saturated carbocycles. The van der Waals surface area contributed by atoms with Gasteiger partial charge in [-0.25, -0.2) is 4.79 Å². The van der Waals surface area contributed by atoms with E-state index in [9.17, 15) is 4.79 Å². The van der Waals surface area contributed by atoms with Crippen molar-refractivity contribution in [2.75, 3.05) is 11.9 Å². The molecule has 0 bridgehead atoms. The maximum absolute atomic E-state index is 12.0. The van der Waals surface area contributed by atoms with Crippen molar-refractivity contribution >= 4 is 11.7 Å². The van der Waals surface area contributed by atoms with Gasteiger partial charge >= 0.3 is 6.03 Å². The molecule has 0 spiro atoms. The molecule has 0 aromatic heterocycles. The van der Waals surface area contributed by atoms with Crippen LogP contribution in [0.2, 0.25) is 0 Å². The van der Waals surface area contributed by atoms with Gasteiger partial charge in [0.05, 0.1) is 0 Å². The molecule has 0 radical (unpaired) electrons. The van der Waals surface area contributed by atoms with Crippen molar-refractivity contribution in [3.05, 3.63) is 29.8 Å². The number of rotatable bonds is 4. The molecule has 4 nitrogen and oxygen atoms in total. The van der Waals surface area contributed by atoms with E-state index in [2.05, 4.69) is 22.9 Å². The van der Waals surface area contributed by atoms with Gasteiger partial charge in [0, 0.05) is 17.8 Å². The van der Waals surface area contributed by atoms with Gasteiger partial charge in [-0.3, -0.25) is 0 Å². The maximum atomic E-state index is 12.0. The Bertz CT molecular complexity index is 439. The summed E-state index contributed by atoms with van der Waals surface area (Å²) in [5.41, 5.74) is 2.00. The Kier molecular flexibility index (Phi) is 5.41. The number of amides is 2. The maximum Gasteiger partial charge on any atom is 0.319 e. The van der Waals surface area contributed by atoms with E-state index in [-0.39, 0.29) is 6.03 Å². The van der Waals surface area contributed by atoms with E-state index in [1.807, 2.05) is 31.2 Å². The third kappa shape index (κ3) is 4.53.